The van der Waals surface area contributed by atoms with E-state index in [2.05, 4.69) is 31.4 Å². The number of pyridine rings is 2. The molecule has 4 aromatic heterocycles. The number of rotatable bonds is 8. The first-order valence-electron chi connectivity index (χ1n) is 11.8. The summed E-state index contributed by atoms with van der Waals surface area (Å²) in [5.41, 5.74) is 0.520. The van der Waals surface area contributed by atoms with Crippen LogP contribution in [-0.4, -0.2) is 60.8 Å². The maximum atomic E-state index is 14.3. The predicted molar refractivity (Wildman–Crippen MR) is 133 cm³/mol. The number of aryl methyl sites for hydroxylation is 2. The Morgan fingerprint density at radius 2 is 2.18 bits per heavy atom. The van der Waals surface area contributed by atoms with Crippen molar-refractivity contribution in [2.24, 2.45) is 7.05 Å². The number of carboxylic acid groups (broad SMARTS) is 1. The summed E-state index contributed by atoms with van der Waals surface area (Å²) in [4.78, 5) is 25.4. The molecule has 0 bridgehead atoms. The Morgan fingerprint density at radius 1 is 1.36 bits per heavy atom. The number of hydrogen-bond donors (Lipinski definition) is 2. The van der Waals surface area contributed by atoms with E-state index in [1.54, 1.807) is 11.6 Å². The molecule has 0 saturated heterocycles. The van der Waals surface area contributed by atoms with E-state index in [-0.39, 0.29) is 65.6 Å². The fraction of sp³-hybridized carbons (Fsp3) is 0.333. The van der Waals surface area contributed by atoms with Crippen molar-refractivity contribution < 1.29 is 28.2 Å². The van der Waals surface area contributed by atoms with Gasteiger partial charge in [-0.2, -0.15) is 24.1 Å². The lowest BCUT2D eigenvalue weighted by atomic mass is 10.1. The average molecular weight is 540 g/mol. The van der Waals surface area contributed by atoms with Gasteiger partial charge in [0.25, 0.3) is 5.92 Å². The SMILES string of the molecule is COCCN(C(=O)O)c1cc(Oc2cnc3nc(Nc4cc5n(n4)CCCC5(F)F)n(C)c3c2C#N)ccn1. The van der Waals surface area contributed by atoms with Crippen LogP contribution in [0.25, 0.3) is 11.2 Å². The molecule has 1 aliphatic rings. The van der Waals surface area contributed by atoms with Gasteiger partial charge in [-0.15, -0.1) is 0 Å². The van der Waals surface area contributed by atoms with Crippen molar-refractivity contribution in [1.82, 2.24) is 29.3 Å². The zero-order valence-electron chi connectivity index (χ0n) is 20.9. The first-order valence-corrected chi connectivity index (χ1v) is 11.8. The molecular formula is C24H23F2N9O4. The minimum atomic E-state index is -2.96. The Morgan fingerprint density at radius 3 is 2.90 bits per heavy atom. The molecule has 0 fully saturated rings. The van der Waals surface area contributed by atoms with E-state index in [4.69, 9.17) is 9.47 Å². The Kier molecular flexibility index (Phi) is 6.71. The van der Waals surface area contributed by atoms with Gasteiger partial charge in [-0.05, 0) is 12.5 Å². The summed E-state index contributed by atoms with van der Waals surface area (Å²) in [5, 5.41) is 26.7. The van der Waals surface area contributed by atoms with Crippen LogP contribution in [0, 0.1) is 11.3 Å². The van der Waals surface area contributed by atoms with Crippen molar-refractivity contribution in [1.29, 1.82) is 5.26 Å². The van der Waals surface area contributed by atoms with Crippen molar-refractivity contribution in [2.75, 3.05) is 30.5 Å². The lowest BCUT2D eigenvalue weighted by Crippen LogP contribution is -2.33. The van der Waals surface area contributed by atoms with E-state index in [0.717, 1.165) is 4.90 Å². The van der Waals surface area contributed by atoms with Crippen molar-refractivity contribution in [3.05, 3.63) is 41.9 Å². The van der Waals surface area contributed by atoms with E-state index in [0.29, 0.717) is 18.5 Å². The van der Waals surface area contributed by atoms with Crippen LogP contribution in [0.3, 0.4) is 0 Å². The van der Waals surface area contributed by atoms with Gasteiger partial charge in [-0.3, -0.25) is 9.58 Å². The average Bonchev–Trinajstić information content (AvgIpc) is 3.46. The van der Waals surface area contributed by atoms with Crippen LogP contribution in [0.1, 0.15) is 24.1 Å². The summed E-state index contributed by atoms with van der Waals surface area (Å²) in [6.45, 7) is 0.615. The molecule has 0 spiro atoms. The minimum Gasteiger partial charge on any atom is -0.465 e. The molecule has 0 aliphatic carbocycles. The number of methoxy groups -OCH3 is 1. The van der Waals surface area contributed by atoms with Gasteiger partial charge in [0.05, 0.1) is 19.3 Å². The summed E-state index contributed by atoms with van der Waals surface area (Å²) in [7, 11) is 3.10. The van der Waals surface area contributed by atoms with Crippen LogP contribution >= 0.6 is 0 Å². The predicted octanol–water partition coefficient (Wildman–Crippen LogP) is 3.98. The molecule has 15 heteroatoms. The number of halogens is 2. The second kappa shape index (κ2) is 10.1. The Labute approximate surface area is 220 Å². The third-order valence-corrected chi connectivity index (χ3v) is 6.20. The Balaban J connectivity index is 1.45. The van der Waals surface area contributed by atoms with Crippen molar-refractivity contribution in [2.45, 2.75) is 25.3 Å². The van der Waals surface area contributed by atoms with E-state index in [1.165, 1.54) is 42.4 Å². The number of nitrogens with zero attached hydrogens (tertiary/aromatic N) is 8. The summed E-state index contributed by atoms with van der Waals surface area (Å²) < 4.78 is 42.2. The molecule has 202 valence electrons. The molecule has 5 heterocycles. The monoisotopic (exact) mass is 539 g/mol. The van der Waals surface area contributed by atoms with Crippen molar-refractivity contribution in [3.63, 3.8) is 0 Å². The first kappa shape index (κ1) is 25.8. The Hall–Kier alpha value is -4.84. The number of fused-ring (bicyclic) bond motifs is 2. The van der Waals surface area contributed by atoms with Gasteiger partial charge in [0.15, 0.2) is 17.2 Å². The molecule has 4 aromatic rings. The van der Waals surface area contributed by atoms with Gasteiger partial charge in [0, 0.05) is 45.5 Å². The molecule has 0 radical (unpaired) electrons. The number of alkyl halides is 2. The van der Waals surface area contributed by atoms with E-state index >= 15 is 0 Å². The van der Waals surface area contributed by atoms with E-state index < -0.39 is 12.0 Å². The summed E-state index contributed by atoms with van der Waals surface area (Å²) in [6.07, 6.45) is 1.59. The third-order valence-electron chi connectivity index (χ3n) is 6.20. The van der Waals surface area contributed by atoms with Crippen LogP contribution in [0.4, 0.5) is 31.2 Å². The highest BCUT2D eigenvalue weighted by Crippen LogP contribution is 2.38. The lowest BCUT2D eigenvalue weighted by molar-refractivity contribution is -0.0364. The topological polar surface area (TPSA) is 156 Å². The fourth-order valence-corrected chi connectivity index (χ4v) is 4.32. The third kappa shape index (κ3) is 4.89. The number of nitriles is 1. The molecule has 0 unspecified atom stereocenters. The number of amides is 1. The number of hydrogen-bond acceptors (Lipinski definition) is 9. The van der Waals surface area contributed by atoms with E-state index in [9.17, 15) is 23.9 Å². The number of aromatic nitrogens is 6. The van der Waals surface area contributed by atoms with Gasteiger partial charge < -0.3 is 24.5 Å². The highest BCUT2D eigenvalue weighted by molar-refractivity contribution is 5.85. The van der Waals surface area contributed by atoms with E-state index in [1.807, 2.05) is 0 Å². The molecule has 0 saturated carbocycles. The second-order valence-corrected chi connectivity index (χ2v) is 8.73. The number of anilines is 3. The van der Waals surface area contributed by atoms with Gasteiger partial charge >= 0.3 is 6.09 Å². The molecule has 5 rings (SSSR count). The highest BCUT2D eigenvalue weighted by atomic mass is 19.3. The normalized spacial score (nSPS) is 14.0. The van der Waals surface area contributed by atoms with Gasteiger partial charge in [0.1, 0.15) is 34.4 Å². The largest absolute Gasteiger partial charge is 0.465 e. The van der Waals surface area contributed by atoms with Gasteiger partial charge in [0.2, 0.25) is 5.95 Å². The first-order chi connectivity index (χ1) is 18.7. The number of imidazole rings is 1. The van der Waals surface area contributed by atoms with Crippen molar-refractivity contribution >= 4 is 34.8 Å². The Bertz CT molecular complexity index is 1590. The molecule has 13 nitrogen and oxygen atoms in total. The van der Waals surface area contributed by atoms with Crippen LogP contribution in [0.5, 0.6) is 11.5 Å². The zero-order valence-corrected chi connectivity index (χ0v) is 20.9. The van der Waals surface area contributed by atoms with Crippen LogP contribution in [-0.2, 0) is 24.3 Å². The molecule has 39 heavy (non-hydrogen) atoms. The molecular weight excluding hydrogens is 516 g/mol. The molecule has 1 aliphatic heterocycles. The maximum absolute atomic E-state index is 14.3. The molecule has 1 amide bonds. The lowest BCUT2D eigenvalue weighted by Gasteiger charge is -2.22. The zero-order chi connectivity index (χ0) is 27.7. The van der Waals surface area contributed by atoms with Gasteiger partial charge in [-0.25, -0.2) is 14.8 Å². The van der Waals surface area contributed by atoms with Crippen molar-refractivity contribution in [3.8, 4) is 17.6 Å². The number of nitrogens with one attached hydrogen (secondary N) is 1. The minimum absolute atomic E-state index is 0.0570. The highest BCUT2D eigenvalue weighted by Gasteiger charge is 2.38. The smallest absolute Gasteiger partial charge is 0.413 e. The molecule has 2 N–H and O–H groups in total. The summed E-state index contributed by atoms with van der Waals surface area (Å²) >= 11 is 0. The standard InChI is InChI=1S/C24H23F2N9O4/c1-33-20-15(12-27)16(39-14-4-6-28-19(10-14)34(23(36)37)8-9-38-2)13-29-21(20)31-22(33)30-18-11-17-24(25,26)5-3-7-35(17)32-18/h4,6,10-11,13H,3,5,7-9H2,1-2H3,(H,36,37)(H,29,30,31,32). The quantitative estimate of drug-likeness (QED) is 0.336. The van der Waals surface area contributed by atoms with Crippen LogP contribution < -0.4 is 15.0 Å². The molecule has 0 atom stereocenters. The number of carbonyl (C=O) groups is 1. The number of ether oxygens (including phenoxy) is 2. The maximum Gasteiger partial charge on any atom is 0.413 e. The van der Waals surface area contributed by atoms with Gasteiger partial charge in [-0.1, -0.05) is 0 Å². The fourth-order valence-electron chi connectivity index (χ4n) is 4.32. The summed E-state index contributed by atoms with van der Waals surface area (Å²) in [5.74, 6) is -2.08. The second-order valence-electron chi connectivity index (χ2n) is 8.73. The molecule has 0 aromatic carbocycles. The summed E-state index contributed by atoms with van der Waals surface area (Å²) in [6, 6.07) is 6.32. The van der Waals surface area contributed by atoms with Crippen LogP contribution in [0.2, 0.25) is 0 Å². The van der Waals surface area contributed by atoms with Crippen LogP contribution in [0.15, 0.2) is 30.6 Å².